The molecule has 0 spiro atoms. The van der Waals surface area contributed by atoms with Crippen molar-refractivity contribution in [1.29, 1.82) is 0 Å². The van der Waals surface area contributed by atoms with E-state index in [1.165, 1.54) is 0 Å². The van der Waals surface area contributed by atoms with E-state index < -0.39 is 0 Å². The molecule has 1 atom stereocenters. The van der Waals surface area contributed by atoms with E-state index >= 15 is 0 Å². The summed E-state index contributed by atoms with van der Waals surface area (Å²) in [5, 5.41) is 0. The van der Waals surface area contributed by atoms with Crippen molar-refractivity contribution in [2.24, 2.45) is 0 Å². The average Bonchev–Trinajstić information content (AvgIpc) is 2.34. The molecular weight excluding hydrogens is 136 g/mol. The summed E-state index contributed by atoms with van der Waals surface area (Å²) in [6.45, 7) is 6.33. The van der Waals surface area contributed by atoms with E-state index in [-0.39, 0.29) is 7.43 Å². The molecular formula is C10H18O. The Bertz CT molecular complexity index is 200. The minimum Gasteiger partial charge on any atom is -0.466 e. The van der Waals surface area contributed by atoms with Crippen LogP contribution < -0.4 is 0 Å². The quantitative estimate of drug-likeness (QED) is 0.632. The molecule has 0 saturated carbocycles. The molecule has 1 nitrogen and oxygen atoms in total. The van der Waals surface area contributed by atoms with Gasteiger partial charge in [-0.05, 0) is 25.5 Å². The summed E-state index contributed by atoms with van der Waals surface area (Å²) in [6, 6.07) is 4.07. The third-order valence-corrected chi connectivity index (χ3v) is 1.86. The Kier molecular flexibility index (Phi) is 3.94. The van der Waals surface area contributed by atoms with Crippen LogP contribution in [0.15, 0.2) is 16.5 Å². The molecule has 0 fully saturated rings. The molecule has 0 radical (unpaired) electrons. The molecule has 0 amide bonds. The molecule has 1 heterocycles. The van der Waals surface area contributed by atoms with Gasteiger partial charge in [-0.25, -0.2) is 0 Å². The van der Waals surface area contributed by atoms with Crippen LogP contribution in [-0.2, 0) is 0 Å². The van der Waals surface area contributed by atoms with E-state index in [4.69, 9.17) is 4.42 Å². The third kappa shape index (κ3) is 2.41. The van der Waals surface area contributed by atoms with Crippen LogP contribution >= 0.6 is 0 Å². The molecule has 11 heavy (non-hydrogen) atoms. The van der Waals surface area contributed by atoms with Crippen molar-refractivity contribution >= 4 is 0 Å². The lowest BCUT2D eigenvalue weighted by Crippen LogP contribution is -1.86. The van der Waals surface area contributed by atoms with E-state index in [1.807, 2.05) is 13.0 Å². The van der Waals surface area contributed by atoms with Crippen LogP contribution in [-0.4, -0.2) is 0 Å². The maximum absolute atomic E-state index is 5.44. The predicted molar refractivity (Wildman–Crippen MR) is 48.9 cm³/mol. The van der Waals surface area contributed by atoms with Crippen LogP contribution in [0.5, 0.6) is 0 Å². The minimum absolute atomic E-state index is 0. The van der Waals surface area contributed by atoms with Crippen molar-refractivity contribution in [3.05, 3.63) is 23.7 Å². The summed E-state index contributed by atoms with van der Waals surface area (Å²) in [5.74, 6) is 2.68. The summed E-state index contributed by atoms with van der Waals surface area (Å²) < 4.78 is 5.44. The third-order valence-electron chi connectivity index (χ3n) is 1.86. The van der Waals surface area contributed by atoms with Gasteiger partial charge in [-0.3, -0.25) is 0 Å². The first-order valence-electron chi connectivity index (χ1n) is 3.80. The summed E-state index contributed by atoms with van der Waals surface area (Å²) in [6.07, 6.45) is 1.15. The van der Waals surface area contributed by atoms with Crippen LogP contribution in [0.2, 0.25) is 0 Å². The molecule has 1 heteroatoms. The zero-order valence-corrected chi connectivity index (χ0v) is 6.85. The molecule has 0 unspecified atom stereocenters. The minimum atomic E-state index is 0. The van der Waals surface area contributed by atoms with E-state index in [1.54, 1.807) is 0 Å². The number of hydrogen-bond donors (Lipinski definition) is 0. The van der Waals surface area contributed by atoms with E-state index in [9.17, 15) is 0 Å². The Morgan fingerprint density at radius 1 is 1.45 bits per heavy atom. The van der Waals surface area contributed by atoms with E-state index in [2.05, 4.69) is 19.9 Å². The largest absolute Gasteiger partial charge is 0.466 e. The van der Waals surface area contributed by atoms with Crippen LogP contribution in [0, 0.1) is 6.92 Å². The van der Waals surface area contributed by atoms with Gasteiger partial charge in [0.2, 0.25) is 0 Å². The standard InChI is InChI=1S/C9H14O.CH4/c1-4-7(2)9-6-5-8(3)10-9;/h5-7H,4H2,1-3H3;1H4/t7-;/m1./s1. The van der Waals surface area contributed by atoms with Crippen LogP contribution in [0.3, 0.4) is 0 Å². The highest BCUT2D eigenvalue weighted by molar-refractivity contribution is 5.08. The number of rotatable bonds is 2. The fraction of sp³-hybridized carbons (Fsp3) is 0.600. The maximum Gasteiger partial charge on any atom is 0.106 e. The SMILES string of the molecule is C.CC[C@@H](C)c1ccc(C)o1. The predicted octanol–water partition coefficient (Wildman–Crippen LogP) is 3.74. The Labute approximate surface area is 69.4 Å². The van der Waals surface area contributed by atoms with Gasteiger partial charge in [0.1, 0.15) is 11.5 Å². The van der Waals surface area contributed by atoms with E-state index in [0.29, 0.717) is 5.92 Å². The first-order valence-corrected chi connectivity index (χ1v) is 3.80. The Balaban J connectivity index is 0.000001000. The van der Waals surface area contributed by atoms with Crippen LogP contribution in [0.25, 0.3) is 0 Å². The molecule has 1 aromatic rings. The fourth-order valence-corrected chi connectivity index (χ4v) is 0.919. The molecule has 0 aliphatic rings. The summed E-state index contributed by atoms with van der Waals surface area (Å²) >= 11 is 0. The zero-order valence-electron chi connectivity index (χ0n) is 6.85. The first-order chi connectivity index (χ1) is 4.74. The number of hydrogen-bond acceptors (Lipinski definition) is 1. The lowest BCUT2D eigenvalue weighted by Gasteiger charge is -2.01. The molecule has 0 aromatic carbocycles. The lowest BCUT2D eigenvalue weighted by molar-refractivity contribution is 0.449. The van der Waals surface area contributed by atoms with Crippen molar-refractivity contribution < 1.29 is 4.42 Å². The molecule has 64 valence electrons. The zero-order chi connectivity index (χ0) is 7.56. The molecule has 0 aliphatic heterocycles. The van der Waals surface area contributed by atoms with Gasteiger partial charge in [0.15, 0.2) is 0 Å². The Hall–Kier alpha value is -0.720. The van der Waals surface area contributed by atoms with Gasteiger partial charge >= 0.3 is 0 Å². The van der Waals surface area contributed by atoms with E-state index in [0.717, 1.165) is 17.9 Å². The van der Waals surface area contributed by atoms with Gasteiger partial charge in [0.25, 0.3) is 0 Å². The van der Waals surface area contributed by atoms with Gasteiger partial charge in [0, 0.05) is 5.92 Å². The second kappa shape index (κ2) is 4.22. The molecule has 0 aliphatic carbocycles. The maximum atomic E-state index is 5.44. The Morgan fingerprint density at radius 2 is 2.09 bits per heavy atom. The second-order valence-corrected chi connectivity index (χ2v) is 2.76. The van der Waals surface area contributed by atoms with Crippen LogP contribution in [0.4, 0.5) is 0 Å². The summed E-state index contributed by atoms with van der Waals surface area (Å²) in [5.41, 5.74) is 0. The monoisotopic (exact) mass is 154 g/mol. The topological polar surface area (TPSA) is 13.1 Å². The first kappa shape index (κ1) is 10.3. The molecule has 0 N–H and O–H groups in total. The lowest BCUT2D eigenvalue weighted by atomic mass is 10.1. The highest BCUT2D eigenvalue weighted by atomic mass is 16.3. The molecule has 1 aromatic heterocycles. The molecule has 1 rings (SSSR count). The average molecular weight is 154 g/mol. The van der Waals surface area contributed by atoms with Crippen molar-refractivity contribution in [2.45, 2.75) is 40.5 Å². The van der Waals surface area contributed by atoms with Crippen LogP contribution in [0.1, 0.15) is 45.1 Å². The van der Waals surface area contributed by atoms with Gasteiger partial charge in [0.05, 0.1) is 0 Å². The van der Waals surface area contributed by atoms with Crippen molar-refractivity contribution in [3.8, 4) is 0 Å². The van der Waals surface area contributed by atoms with Gasteiger partial charge in [-0.1, -0.05) is 21.3 Å². The smallest absolute Gasteiger partial charge is 0.106 e. The molecule has 0 bridgehead atoms. The van der Waals surface area contributed by atoms with Crippen molar-refractivity contribution in [2.75, 3.05) is 0 Å². The number of furan rings is 1. The van der Waals surface area contributed by atoms with Gasteiger partial charge in [-0.15, -0.1) is 0 Å². The highest BCUT2D eigenvalue weighted by Gasteiger charge is 2.05. The number of aryl methyl sites for hydroxylation is 1. The summed E-state index contributed by atoms with van der Waals surface area (Å²) in [4.78, 5) is 0. The Morgan fingerprint density at radius 3 is 2.45 bits per heavy atom. The normalized spacial score (nSPS) is 12.3. The summed E-state index contributed by atoms with van der Waals surface area (Å²) in [7, 11) is 0. The second-order valence-electron chi connectivity index (χ2n) is 2.76. The van der Waals surface area contributed by atoms with Crippen molar-refractivity contribution in [1.82, 2.24) is 0 Å². The molecule has 0 saturated heterocycles. The van der Waals surface area contributed by atoms with Gasteiger partial charge < -0.3 is 4.42 Å². The fourth-order valence-electron chi connectivity index (χ4n) is 0.919. The van der Waals surface area contributed by atoms with Gasteiger partial charge in [-0.2, -0.15) is 0 Å². The highest BCUT2D eigenvalue weighted by Crippen LogP contribution is 2.20. The van der Waals surface area contributed by atoms with Crippen molar-refractivity contribution in [3.63, 3.8) is 0 Å².